The minimum absolute atomic E-state index is 0.0709. The number of carbonyl (C=O) groups is 3. The monoisotopic (exact) mass is 532 g/mol. The van der Waals surface area contributed by atoms with Crippen molar-refractivity contribution in [3.8, 4) is 17.6 Å². The summed E-state index contributed by atoms with van der Waals surface area (Å²) in [5.41, 5.74) is 1.20. The predicted molar refractivity (Wildman–Crippen MR) is 130 cm³/mol. The highest BCUT2D eigenvalue weighted by Gasteiger charge is 2.36. The van der Waals surface area contributed by atoms with E-state index >= 15 is 0 Å². The molecule has 1 heterocycles. The van der Waals surface area contributed by atoms with E-state index < -0.39 is 11.9 Å². The molecule has 9 heteroatoms. The molecule has 0 radical (unpaired) electrons. The lowest BCUT2D eigenvalue weighted by Gasteiger charge is -2.20. The molecule has 2 atom stereocenters. The fourth-order valence-electron chi connectivity index (χ4n) is 3.55. The van der Waals surface area contributed by atoms with Crippen LogP contribution >= 0.6 is 15.9 Å². The summed E-state index contributed by atoms with van der Waals surface area (Å²) < 4.78 is 15.9. The fraction of sp³-hybridized carbons (Fsp3) is 0.440. The highest BCUT2D eigenvalue weighted by Crippen LogP contribution is 2.31. The van der Waals surface area contributed by atoms with Crippen LogP contribution in [0.25, 0.3) is 0 Å². The molecule has 8 nitrogen and oxygen atoms in total. The van der Waals surface area contributed by atoms with E-state index in [1.165, 1.54) is 0 Å². The quantitative estimate of drug-likeness (QED) is 0.269. The Morgan fingerprint density at radius 3 is 2.59 bits per heavy atom. The number of nitriles is 1. The van der Waals surface area contributed by atoms with Crippen molar-refractivity contribution in [2.75, 3.05) is 38.2 Å². The number of ketones is 2. The Morgan fingerprint density at radius 2 is 1.94 bits per heavy atom. The third-order valence-corrected chi connectivity index (χ3v) is 4.98. The molecular formula is C25H29BrN2O6. The molecule has 0 fully saturated rings. The number of benzene rings is 1. The molecule has 0 bridgehead atoms. The first-order chi connectivity index (χ1) is 16.4. The number of hydrogen-bond acceptors (Lipinski definition) is 8. The van der Waals surface area contributed by atoms with E-state index in [4.69, 9.17) is 19.5 Å². The van der Waals surface area contributed by atoms with E-state index in [9.17, 15) is 14.4 Å². The van der Waals surface area contributed by atoms with Gasteiger partial charge in [-0.05, 0) is 31.6 Å². The minimum Gasteiger partial charge on any atom is -0.493 e. The van der Waals surface area contributed by atoms with Crippen LogP contribution in [-0.4, -0.2) is 60.7 Å². The molecule has 3 rings (SSSR count). The van der Waals surface area contributed by atoms with Crippen molar-refractivity contribution in [1.82, 2.24) is 4.90 Å². The Labute approximate surface area is 208 Å². The second-order valence-corrected chi connectivity index (χ2v) is 8.48. The SMILES string of the molecule is CCBr.CCOC(=O)COc1ccc(C(=O)CN2C=C3C=CC(C#N)C(=O)C3C2)c(OCC)c1. The zero-order valence-corrected chi connectivity index (χ0v) is 21.2. The first-order valence-electron chi connectivity index (χ1n) is 11.1. The van der Waals surface area contributed by atoms with Gasteiger partial charge in [0.15, 0.2) is 18.2 Å². The molecule has 1 aromatic rings. The van der Waals surface area contributed by atoms with Crippen molar-refractivity contribution < 1.29 is 28.6 Å². The Bertz CT molecular complexity index is 998. The Balaban J connectivity index is 0.00000129. The number of ether oxygens (including phenoxy) is 3. The van der Waals surface area contributed by atoms with Gasteiger partial charge in [0.1, 0.15) is 17.4 Å². The lowest BCUT2D eigenvalue weighted by atomic mass is 9.84. The van der Waals surface area contributed by atoms with E-state index in [-0.39, 0.29) is 37.2 Å². The molecule has 0 spiro atoms. The average Bonchev–Trinajstić information content (AvgIpc) is 3.22. The van der Waals surface area contributed by atoms with Crippen LogP contribution in [0.15, 0.2) is 42.1 Å². The van der Waals surface area contributed by atoms with Gasteiger partial charge in [-0.3, -0.25) is 9.59 Å². The van der Waals surface area contributed by atoms with Crippen molar-refractivity contribution >= 4 is 33.5 Å². The van der Waals surface area contributed by atoms with Crippen LogP contribution in [-0.2, 0) is 14.3 Å². The Hall–Kier alpha value is -3.12. The number of allylic oxidation sites excluding steroid dienone is 2. The first-order valence-corrected chi connectivity index (χ1v) is 12.2. The van der Waals surface area contributed by atoms with E-state index in [2.05, 4.69) is 15.9 Å². The fourth-order valence-corrected chi connectivity index (χ4v) is 3.55. The molecule has 2 aliphatic rings. The average molecular weight is 533 g/mol. The topological polar surface area (TPSA) is 106 Å². The van der Waals surface area contributed by atoms with Crippen LogP contribution in [0.1, 0.15) is 31.1 Å². The third kappa shape index (κ3) is 7.19. The van der Waals surface area contributed by atoms with E-state index in [0.717, 1.165) is 10.9 Å². The van der Waals surface area contributed by atoms with Crippen LogP contribution in [0.4, 0.5) is 0 Å². The largest absolute Gasteiger partial charge is 0.493 e. The number of alkyl halides is 1. The summed E-state index contributed by atoms with van der Waals surface area (Å²) in [6, 6.07) is 6.76. The lowest BCUT2D eigenvalue weighted by Crippen LogP contribution is -2.32. The second-order valence-electron chi connectivity index (χ2n) is 7.35. The van der Waals surface area contributed by atoms with Crippen molar-refractivity contribution in [2.45, 2.75) is 20.8 Å². The minimum atomic E-state index is -0.732. The van der Waals surface area contributed by atoms with Crippen LogP contribution in [0, 0.1) is 23.2 Å². The van der Waals surface area contributed by atoms with E-state index in [1.54, 1.807) is 55.3 Å². The summed E-state index contributed by atoms with van der Waals surface area (Å²) in [4.78, 5) is 38.6. The summed E-state index contributed by atoms with van der Waals surface area (Å²) in [6.45, 7) is 6.39. The van der Waals surface area contributed by atoms with Gasteiger partial charge < -0.3 is 19.1 Å². The number of Topliss-reactive ketones (excluding diaryl/α,β-unsaturated/α-hetero) is 2. The van der Waals surface area contributed by atoms with Gasteiger partial charge in [-0.25, -0.2) is 4.79 Å². The number of nitrogens with zero attached hydrogens (tertiary/aromatic N) is 2. The molecule has 1 aromatic carbocycles. The molecule has 34 heavy (non-hydrogen) atoms. The zero-order valence-electron chi connectivity index (χ0n) is 19.6. The maximum absolute atomic E-state index is 12.9. The summed E-state index contributed by atoms with van der Waals surface area (Å²) in [6.07, 6.45) is 5.17. The van der Waals surface area contributed by atoms with Crippen molar-refractivity contribution in [3.05, 3.63) is 47.7 Å². The van der Waals surface area contributed by atoms with E-state index in [0.29, 0.717) is 30.2 Å². The standard InChI is InChI=1S/C23H24N2O6.C2H5Br/c1-3-29-21-9-17(31-14-22(27)30-4-2)7-8-18(21)20(26)13-25-11-16-6-5-15(10-24)23(28)19(16)12-25;1-2-3/h5-9,11,15,19H,3-4,12-14H2,1-2H3;2H2,1H3. The van der Waals surface area contributed by atoms with Gasteiger partial charge in [-0.15, -0.1) is 0 Å². The smallest absolute Gasteiger partial charge is 0.344 e. The normalized spacial score (nSPS) is 18.1. The Morgan fingerprint density at radius 1 is 1.21 bits per heavy atom. The number of carbonyl (C=O) groups excluding carboxylic acids is 3. The number of fused-ring (bicyclic) bond motifs is 1. The zero-order chi connectivity index (χ0) is 25.1. The second kappa shape index (κ2) is 13.6. The Kier molecular flexibility index (Phi) is 10.8. The summed E-state index contributed by atoms with van der Waals surface area (Å²) in [5, 5.41) is 10.1. The maximum Gasteiger partial charge on any atom is 0.344 e. The molecule has 0 saturated carbocycles. The first kappa shape index (κ1) is 27.1. The van der Waals surface area contributed by atoms with Crippen LogP contribution in [0.2, 0.25) is 0 Å². The number of halogens is 1. The highest BCUT2D eigenvalue weighted by atomic mass is 79.9. The van der Waals surface area contributed by atoms with E-state index in [1.807, 2.05) is 13.0 Å². The van der Waals surface area contributed by atoms with Crippen molar-refractivity contribution in [1.29, 1.82) is 5.26 Å². The van der Waals surface area contributed by atoms with Gasteiger partial charge in [0.2, 0.25) is 0 Å². The molecule has 1 aliphatic heterocycles. The van der Waals surface area contributed by atoms with Gasteiger partial charge in [0, 0.05) is 24.1 Å². The number of hydrogen-bond donors (Lipinski definition) is 0. The van der Waals surface area contributed by atoms with Crippen molar-refractivity contribution in [3.63, 3.8) is 0 Å². The molecule has 2 unspecified atom stereocenters. The van der Waals surface area contributed by atoms with Gasteiger partial charge in [-0.1, -0.05) is 35.0 Å². The summed E-state index contributed by atoms with van der Waals surface area (Å²) in [7, 11) is 0. The van der Waals surface area contributed by atoms with Crippen LogP contribution < -0.4 is 9.47 Å². The molecular weight excluding hydrogens is 504 g/mol. The number of rotatable bonds is 9. The number of esters is 1. The molecule has 0 saturated heterocycles. The van der Waals surface area contributed by atoms with Crippen molar-refractivity contribution in [2.24, 2.45) is 11.8 Å². The van der Waals surface area contributed by atoms with Gasteiger partial charge >= 0.3 is 5.97 Å². The highest BCUT2D eigenvalue weighted by molar-refractivity contribution is 9.09. The summed E-state index contributed by atoms with van der Waals surface area (Å²) >= 11 is 3.15. The van der Waals surface area contributed by atoms with Crippen LogP contribution in [0.5, 0.6) is 11.5 Å². The molecule has 0 N–H and O–H groups in total. The van der Waals surface area contributed by atoms with Gasteiger partial charge in [0.05, 0.1) is 37.3 Å². The van der Waals surface area contributed by atoms with Crippen LogP contribution in [0.3, 0.4) is 0 Å². The molecule has 1 aliphatic carbocycles. The molecule has 182 valence electrons. The molecule has 0 amide bonds. The van der Waals surface area contributed by atoms with Gasteiger partial charge in [-0.2, -0.15) is 5.26 Å². The third-order valence-electron chi connectivity index (χ3n) is 4.98. The summed E-state index contributed by atoms with van der Waals surface area (Å²) in [5.74, 6) is -1.16. The van der Waals surface area contributed by atoms with Gasteiger partial charge in [0.25, 0.3) is 0 Å². The molecule has 0 aromatic heterocycles. The lowest BCUT2D eigenvalue weighted by molar-refractivity contribution is -0.145. The maximum atomic E-state index is 12.9. The predicted octanol–water partition coefficient (Wildman–Crippen LogP) is 3.71.